The molecule has 0 saturated carbocycles. The van der Waals surface area contributed by atoms with Crippen molar-refractivity contribution in [2.75, 3.05) is 9.80 Å². The first-order valence-electron chi connectivity index (χ1n) is 24.1. The Hall–Kier alpha value is -9.80. The van der Waals surface area contributed by atoms with Crippen LogP contribution in [0.15, 0.2) is 243 Å². The molecule has 0 saturated heterocycles. The number of pyridine rings is 2. The van der Waals surface area contributed by atoms with Crippen LogP contribution in [0.3, 0.4) is 0 Å². The fourth-order valence-electron chi connectivity index (χ4n) is 10.4. The normalized spacial score (nSPS) is 11.5. The van der Waals surface area contributed by atoms with Gasteiger partial charge in [0.2, 0.25) is 0 Å². The van der Waals surface area contributed by atoms with E-state index in [1.54, 1.807) is 36.7 Å². The van der Waals surface area contributed by atoms with E-state index in [1.165, 1.54) is 24.3 Å². The van der Waals surface area contributed by atoms with E-state index in [-0.39, 0.29) is 11.1 Å². The first kappa shape index (κ1) is 44.2. The van der Waals surface area contributed by atoms with Gasteiger partial charge >= 0.3 is 0 Å². The van der Waals surface area contributed by atoms with Gasteiger partial charge in [0, 0.05) is 91.8 Å². The average Bonchev–Trinajstić information content (AvgIpc) is 4.01. The summed E-state index contributed by atoms with van der Waals surface area (Å²) in [5, 5.41) is 3.67. The van der Waals surface area contributed by atoms with Gasteiger partial charge in [-0.3, -0.25) is 9.97 Å². The summed E-state index contributed by atoms with van der Waals surface area (Å²) in [7, 11) is 0. The van der Waals surface area contributed by atoms with E-state index in [0.29, 0.717) is 11.4 Å². The molecule has 0 fully saturated rings. The lowest BCUT2D eigenvalue weighted by Gasteiger charge is -2.25. The molecule has 6 nitrogen and oxygen atoms in total. The van der Waals surface area contributed by atoms with Crippen LogP contribution in [0.5, 0.6) is 0 Å². The summed E-state index contributed by atoms with van der Waals surface area (Å²) in [6.45, 7) is 0. The summed E-state index contributed by atoms with van der Waals surface area (Å²) in [6, 6.07) is 69.4. The van der Waals surface area contributed by atoms with Gasteiger partial charge in [0.1, 0.15) is 0 Å². The molecule has 0 aliphatic heterocycles. The van der Waals surface area contributed by atoms with Crippen LogP contribution in [0.25, 0.3) is 77.2 Å². The molecule has 0 spiro atoms. The highest BCUT2D eigenvalue weighted by atomic mass is 19.2. The molecule has 10 heteroatoms. The van der Waals surface area contributed by atoms with Crippen molar-refractivity contribution in [3.63, 3.8) is 0 Å². The summed E-state index contributed by atoms with van der Waals surface area (Å²) in [5.74, 6) is -5.95. The Morgan fingerprint density at radius 2 is 0.608 bits per heavy atom. The number of para-hydroxylation sites is 4. The van der Waals surface area contributed by atoms with Crippen LogP contribution in [-0.4, -0.2) is 19.1 Å². The van der Waals surface area contributed by atoms with Crippen molar-refractivity contribution in [1.29, 1.82) is 0 Å². The van der Waals surface area contributed by atoms with Crippen molar-refractivity contribution < 1.29 is 17.6 Å². The summed E-state index contributed by atoms with van der Waals surface area (Å²) in [6.07, 6.45) is 7.06. The zero-order valence-corrected chi connectivity index (χ0v) is 39.3. The topological polar surface area (TPSA) is 42.1 Å². The van der Waals surface area contributed by atoms with E-state index in [0.717, 1.165) is 77.7 Å². The standard InChI is InChI=1S/C64H40F4N6/c65-61-59(41-21-25-47(26-22-41)73-55-31-29-49(37-51(55)53-39-69-35-33-57(53)73)71(43-13-5-1-6-14-43)44-15-7-2-8-16-44)62(66)64(68)60(63(61)67)42-23-27-48(28-24-42)74-56-32-30-50(38-52(56)54-40-70-36-34-58(54)74)72(45-17-9-3-10-18-45)46-19-11-4-12-20-46/h1-40H. The fourth-order valence-corrected chi connectivity index (χ4v) is 10.4. The maximum absolute atomic E-state index is 16.4. The highest BCUT2D eigenvalue weighted by molar-refractivity contribution is 6.11. The highest BCUT2D eigenvalue weighted by Gasteiger charge is 2.28. The second kappa shape index (κ2) is 18.1. The predicted molar refractivity (Wildman–Crippen MR) is 291 cm³/mol. The number of hydrogen-bond acceptors (Lipinski definition) is 4. The minimum absolute atomic E-state index is 0.0193. The third kappa shape index (κ3) is 7.34. The van der Waals surface area contributed by atoms with Gasteiger partial charge in [-0.15, -0.1) is 0 Å². The lowest BCUT2D eigenvalue weighted by molar-refractivity contribution is 0.463. The number of aromatic nitrogens is 4. The molecule has 0 aliphatic carbocycles. The van der Waals surface area contributed by atoms with Gasteiger partial charge in [-0.2, -0.15) is 0 Å². The van der Waals surface area contributed by atoms with E-state index < -0.39 is 34.4 Å². The van der Waals surface area contributed by atoms with Crippen molar-refractivity contribution in [1.82, 2.24) is 19.1 Å². The number of nitrogens with zero attached hydrogens (tertiary/aromatic N) is 6. The van der Waals surface area contributed by atoms with Crippen LogP contribution < -0.4 is 9.80 Å². The van der Waals surface area contributed by atoms with Gasteiger partial charge in [0.05, 0.1) is 33.2 Å². The van der Waals surface area contributed by atoms with Crippen LogP contribution in [0.4, 0.5) is 51.7 Å². The molecule has 0 radical (unpaired) electrons. The van der Waals surface area contributed by atoms with Crippen LogP contribution in [0.1, 0.15) is 0 Å². The minimum Gasteiger partial charge on any atom is -0.310 e. The van der Waals surface area contributed by atoms with Gasteiger partial charge < -0.3 is 18.9 Å². The number of anilines is 6. The second-order valence-corrected chi connectivity index (χ2v) is 18.0. The van der Waals surface area contributed by atoms with E-state index in [9.17, 15) is 0 Å². The van der Waals surface area contributed by atoms with Crippen LogP contribution in [0, 0.1) is 23.3 Å². The first-order valence-corrected chi connectivity index (χ1v) is 24.1. The first-order chi connectivity index (χ1) is 36.4. The molecule has 0 aliphatic rings. The zero-order chi connectivity index (χ0) is 49.9. The van der Waals surface area contributed by atoms with Crippen molar-refractivity contribution in [2.24, 2.45) is 0 Å². The Balaban J connectivity index is 0.836. The monoisotopic (exact) mass is 968 g/mol. The molecule has 4 heterocycles. The quantitative estimate of drug-likeness (QED) is 0.101. The van der Waals surface area contributed by atoms with Crippen molar-refractivity contribution in [2.45, 2.75) is 0 Å². The summed E-state index contributed by atoms with van der Waals surface area (Å²) in [4.78, 5) is 13.3. The Labute approximate surface area is 422 Å². The summed E-state index contributed by atoms with van der Waals surface area (Å²) in [5.41, 5.74) is 9.03. The van der Waals surface area contributed by atoms with E-state index in [4.69, 9.17) is 0 Å². The molecule has 0 bridgehead atoms. The fraction of sp³-hybridized carbons (Fsp3) is 0. The van der Waals surface area contributed by atoms with E-state index >= 15 is 17.6 Å². The molecule has 9 aromatic carbocycles. The SMILES string of the molecule is Fc1c(F)c(-c2ccc(-n3c4ccncc4c4cc(N(c5ccccc5)c5ccccc5)ccc43)cc2)c(F)c(F)c1-c1ccc(-n2c3ccncc3c3cc(N(c4ccccc4)c4ccccc4)ccc32)cc1. The highest BCUT2D eigenvalue weighted by Crippen LogP contribution is 2.43. The van der Waals surface area contributed by atoms with Crippen molar-refractivity contribution in [3.8, 4) is 33.6 Å². The third-order valence-electron chi connectivity index (χ3n) is 13.8. The maximum Gasteiger partial charge on any atom is 0.170 e. The molecular weight excluding hydrogens is 929 g/mol. The predicted octanol–water partition coefficient (Wildman–Crippen LogP) is 17.5. The number of hydrogen-bond donors (Lipinski definition) is 0. The molecule has 0 amide bonds. The Bertz CT molecular complexity index is 3840. The zero-order valence-electron chi connectivity index (χ0n) is 39.3. The average molecular weight is 969 g/mol. The Kier molecular flexibility index (Phi) is 10.8. The van der Waals surface area contributed by atoms with Crippen LogP contribution in [-0.2, 0) is 0 Å². The molecule has 13 rings (SSSR count). The molecular formula is C64H40F4N6. The largest absolute Gasteiger partial charge is 0.310 e. The molecule has 13 aromatic rings. The lowest BCUT2D eigenvalue weighted by Crippen LogP contribution is -2.09. The molecule has 354 valence electrons. The molecule has 0 N–H and O–H groups in total. The molecule has 0 atom stereocenters. The molecule has 0 unspecified atom stereocenters. The minimum atomic E-state index is -1.49. The van der Waals surface area contributed by atoms with Crippen LogP contribution in [0.2, 0.25) is 0 Å². The Morgan fingerprint density at radius 1 is 0.297 bits per heavy atom. The Morgan fingerprint density at radius 3 is 0.932 bits per heavy atom. The van der Waals surface area contributed by atoms with Gasteiger partial charge in [-0.1, -0.05) is 97.1 Å². The van der Waals surface area contributed by atoms with Crippen molar-refractivity contribution in [3.05, 3.63) is 266 Å². The van der Waals surface area contributed by atoms with Gasteiger partial charge in [-0.05, 0) is 132 Å². The van der Waals surface area contributed by atoms with Crippen molar-refractivity contribution >= 4 is 77.7 Å². The van der Waals surface area contributed by atoms with Crippen LogP contribution >= 0.6 is 0 Å². The second-order valence-electron chi connectivity index (χ2n) is 18.0. The third-order valence-corrected chi connectivity index (χ3v) is 13.8. The summed E-state index contributed by atoms with van der Waals surface area (Å²) >= 11 is 0. The van der Waals surface area contributed by atoms with Gasteiger partial charge in [-0.25, -0.2) is 17.6 Å². The number of rotatable bonds is 10. The number of benzene rings is 9. The summed E-state index contributed by atoms with van der Waals surface area (Å²) < 4.78 is 69.5. The number of fused-ring (bicyclic) bond motifs is 6. The molecule has 4 aromatic heterocycles. The molecule has 74 heavy (non-hydrogen) atoms. The van der Waals surface area contributed by atoms with Gasteiger partial charge in [0.15, 0.2) is 23.3 Å². The lowest BCUT2D eigenvalue weighted by atomic mass is 9.97. The smallest absolute Gasteiger partial charge is 0.170 e. The maximum atomic E-state index is 16.4. The van der Waals surface area contributed by atoms with E-state index in [2.05, 4.69) is 92.6 Å². The van der Waals surface area contributed by atoms with Gasteiger partial charge in [0.25, 0.3) is 0 Å². The van der Waals surface area contributed by atoms with E-state index in [1.807, 2.05) is 119 Å². The number of halogens is 4.